The van der Waals surface area contributed by atoms with E-state index >= 15 is 0 Å². The molecule has 0 saturated carbocycles. The highest BCUT2D eigenvalue weighted by molar-refractivity contribution is 5.98. The van der Waals surface area contributed by atoms with Crippen LogP contribution in [0.15, 0.2) is 36.5 Å². The van der Waals surface area contributed by atoms with Crippen molar-refractivity contribution in [2.75, 3.05) is 27.2 Å². The fourth-order valence-corrected chi connectivity index (χ4v) is 3.04. The number of hydrogen-bond donors (Lipinski definition) is 1. The zero-order chi connectivity index (χ0) is 21.0. The SMILES string of the molecule is Cc1nc2c(cnn2C(C)C)cc1C(=O)NCc1cccc(OCCN(C)C)c1. The number of nitrogens with zero attached hydrogens (tertiary/aromatic N) is 4. The first kappa shape index (κ1) is 20.8. The minimum atomic E-state index is -0.145. The largest absolute Gasteiger partial charge is 0.492 e. The third-order valence-electron chi connectivity index (χ3n) is 4.65. The molecule has 0 saturated heterocycles. The van der Waals surface area contributed by atoms with Gasteiger partial charge in [0.2, 0.25) is 0 Å². The van der Waals surface area contributed by atoms with Crippen LogP contribution in [0, 0.1) is 6.92 Å². The van der Waals surface area contributed by atoms with E-state index in [0.717, 1.165) is 28.9 Å². The molecular formula is C22H29N5O2. The Bertz CT molecular complexity index is 994. The summed E-state index contributed by atoms with van der Waals surface area (Å²) in [6.07, 6.45) is 1.76. The molecule has 3 aromatic rings. The maximum Gasteiger partial charge on any atom is 0.253 e. The number of carbonyl (C=O) groups is 1. The van der Waals surface area contributed by atoms with Gasteiger partial charge in [-0.3, -0.25) is 4.79 Å². The molecule has 0 atom stereocenters. The lowest BCUT2D eigenvalue weighted by molar-refractivity contribution is 0.0950. The summed E-state index contributed by atoms with van der Waals surface area (Å²) < 4.78 is 7.63. The monoisotopic (exact) mass is 395 g/mol. The van der Waals surface area contributed by atoms with Crippen LogP contribution in [0.2, 0.25) is 0 Å². The first-order valence-corrected chi connectivity index (χ1v) is 9.84. The quantitative estimate of drug-likeness (QED) is 0.634. The first-order chi connectivity index (χ1) is 13.8. The summed E-state index contributed by atoms with van der Waals surface area (Å²) in [7, 11) is 4.02. The third-order valence-corrected chi connectivity index (χ3v) is 4.65. The van der Waals surface area contributed by atoms with E-state index in [4.69, 9.17) is 4.74 Å². The number of fused-ring (bicyclic) bond motifs is 1. The molecule has 1 amide bonds. The van der Waals surface area contributed by atoms with Crippen LogP contribution in [0.5, 0.6) is 5.75 Å². The zero-order valence-electron chi connectivity index (χ0n) is 17.8. The van der Waals surface area contributed by atoms with E-state index in [-0.39, 0.29) is 11.9 Å². The molecule has 3 rings (SSSR count). The number of rotatable bonds is 8. The highest BCUT2D eigenvalue weighted by Gasteiger charge is 2.15. The Morgan fingerprint density at radius 3 is 2.79 bits per heavy atom. The Labute approximate surface area is 171 Å². The van der Waals surface area contributed by atoms with Crippen molar-refractivity contribution in [2.24, 2.45) is 0 Å². The smallest absolute Gasteiger partial charge is 0.253 e. The van der Waals surface area contributed by atoms with Crippen LogP contribution in [-0.4, -0.2) is 52.8 Å². The second-order valence-electron chi connectivity index (χ2n) is 7.70. The van der Waals surface area contributed by atoms with Gasteiger partial charge in [0, 0.05) is 24.5 Å². The fraction of sp³-hybridized carbons (Fsp3) is 0.409. The van der Waals surface area contributed by atoms with Crippen LogP contribution in [0.4, 0.5) is 0 Å². The molecule has 7 heteroatoms. The van der Waals surface area contributed by atoms with E-state index in [2.05, 4.69) is 34.1 Å². The van der Waals surface area contributed by atoms with E-state index in [9.17, 15) is 4.79 Å². The lowest BCUT2D eigenvalue weighted by Crippen LogP contribution is -2.24. The van der Waals surface area contributed by atoms with Gasteiger partial charge in [-0.2, -0.15) is 5.10 Å². The molecule has 0 fully saturated rings. The number of carbonyl (C=O) groups excluding carboxylic acids is 1. The van der Waals surface area contributed by atoms with Gasteiger partial charge < -0.3 is 15.0 Å². The van der Waals surface area contributed by atoms with Crippen LogP contribution in [0.25, 0.3) is 11.0 Å². The Balaban J connectivity index is 1.67. The van der Waals surface area contributed by atoms with Crippen molar-refractivity contribution in [3.05, 3.63) is 53.3 Å². The van der Waals surface area contributed by atoms with Crippen molar-refractivity contribution in [1.29, 1.82) is 0 Å². The summed E-state index contributed by atoms with van der Waals surface area (Å²) in [6, 6.07) is 9.86. The van der Waals surface area contributed by atoms with E-state index in [1.165, 1.54) is 0 Å². The van der Waals surface area contributed by atoms with Crippen LogP contribution >= 0.6 is 0 Å². The van der Waals surface area contributed by atoms with Gasteiger partial charge in [0.15, 0.2) is 5.65 Å². The van der Waals surface area contributed by atoms with Gasteiger partial charge in [-0.25, -0.2) is 9.67 Å². The minimum absolute atomic E-state index is 0.145. The number of nitrogens with one attached hydrogen (secondary N) is 1. The number of hydrogen-bond acceptors (Lipinski definition) is 5. The molecule has 7 nitrogen and oxygen atoms in total. The molecule has 29 heavy (non-hydrogen) atoms. The predicted molar refractivity (Wildman–Crippen MR) is 114 cm³/mol. The lowest BCUT2D eigenvalue weighted by atomic mass is 10.1. The number of pyridine rings is 1. The van der Waals surface area contributed by atoms with Gasteiger partial charge in [0.1, 0.15) is 12.4 Å². The second kappa shape index (κ2) is 9.05. The predicted octanol–water partition coefficient (Wildman–Crippen LogP) is 3.19. The second-order valence-corrected chi connectivity index (χ2v) is 7.70. The Hall–Kier alpha value is -2.93. The van der Waals surface area contributed by atoms with E-state index < -0.39 is 0 Å². The Kier molecular flexibility index (Phi) is 6.49. The average Bonchev–Trinajstić information content (AvgIpc) is 3.08. The molecule has 2 aromatic heterocycles. The molecule has 0 aliphatic carbocycles. The molecule has 1 aromatic carbocycles. The normalized spacial score (nSPS) is 11.4. The molecule has 0 aliphatic heterocycles. The van der Waals surface area contributed by atoms with Gasteiger partial charge in [-0.15, -0.1) is 0 Å². The van der Waals surface area contributed by atoms with E-state index in [1.807, 2.05) is 56.0 Å². The number of ether oxygens (including phenoxy) is 1. The highest BCUT2D eigenvalue weighted by atomic mass is 16.5. The summed E-state index contributed by atoms with van der Waals surface area (Å²) in [5.74, 6) is 0.659. The highest BCUT2D eigenvalue weighted by Crippen LogP contribution is 2.19. The van der Waals surface area contributed by atoms with Gasteiger partial charge >= 0.3 is 0 Å². The Morgan fingerprint density at radius 1 is 1.28 bits per heavy atom. The van der Waals surface area contributed by atoms with Crippen LogP contribution in [-0.2, 0) is 6.54 Å². The maximum atomic E-state index is 12.7. The maximum absolute atomic E-state index is 12.7. The molecule has 154 valence electrons. The topological polar surface area (TPSA) is 72.3 Å². The first-order valence-electron chi connectivity index (χ1n) is 9.84. The van der Waals surface area contributed by atoms with Crippen molar-refractivity contribution in [3.63, 3.8) is 0 Å². The number of likely N-dealkylation sites (N-methyl/N-ethyl adjacent to an activating group) is 1. The Morgan fingerprint density at radius 2 is 2.07 bits per heavy atom. The number of benzene rings is 1. The van der Waals surface area contributed by atoms with Crippen molar-refractivity contribution in [2.45, 2.75) is 33.4 Å². The molecule has 0 unspecified atom stereocenters. The molecule has 0 aliphatic rings. The molecule has 2 heterocycles. The summed E-state index contributed by atoms with van der Waals surface area (Å²) in [6.45, 7) is 7.86. The molecule has 0 spiro atoms. The molecular weight excluding hydrogens is 366 g/mol. The number of aryl methyl sites for hydroxylation is 1. The summed E-state index contributed by atoms with van der Waals surface area (Å²) in [5, 5.41) is 8.23. The van der Waals surface area contributed by atoms with Gasteiger partial charge in [-0.1, -0.05) is 12.1 Å². The van der Waals surface area contributed by atoms with Crippen molar-refractivity contribution < 1.29 is 9.53 Å². The van der Waals surface area contributed by atoms with Crippen molar-refractivity contribution in [1.82, 2.24) is 25.0 Å². The van der Waals surface area contributed by atoms with E-state index in [1.54, 1.807) is 6.20 Å². The average molecular weight is 396 g/mol. The van der Waals surface area contributed by atoms with Crippen LogP contribution < -0.4 is 10.1 Å². The number of aromatic nitrogens is 3. The standard InChI is InChI=1S/C22H29N5O2/c1-15(2)27-21-18(14-24-27)12-20(16(3)25-21)22(28)23-13-17-7-6-8-19(11-17)29-10-9-26(4)5/h6-8,11-12,14-15H,9-10,13H2,1-5H3,(H,23,28). The minimum Gasteiger partial charge on any atom is -0.492 e. The van der Waals surface area contributed by atoms with Crippen LogP contribution in [0.1, 0.15) is 41.5 Å². The fourth-order valence-electron chi connectivity index (χ4n) is 3.04. The van der Waals surface area contributed by atoms with Gasteiger partial charge in [0.25, 0.3) is 5.91 Å². The number of amides is 1. The molecule has 0 bridgehead atoms. The summed E-state index contributed by atoms with van der Waals surface area (Å²) >= 11 is 0. The van der Waals surface area contributed by atoms with Crippen molar-refractivity contribution >= 4 is 16.9 Å². The summed E-state index contributed by atoms with van der Waals surface area (Å²) in [5.41, 5.74) is 3.05. The van der Waals surface area contributed by atoms with Gasteiger partial charge in [0.05, 0.1) is 17.5 Å². The lowest BCUT2D eigenvalue weighted by Gasteiger charge is -2.12. The van der Waals surface area contributed by atoms with E-state index in [0.29, 0.717) is 24.4 Å². The zero-order valence-corrected chi connectivity index (χ0v) is 17.8. The third kappa shape index (κ3) is 5.12. The van der Waals surface area contributed by atoms with Crippen molar-refractivity contribution in [3.8, 4) is 5.75 Å². The molecule has 0 radical (unpaired) electrons. The van der Waals surface area contributed by atoms with Crippen LogP contribution in [0.3, 0.4) is 0 Å². The molecule has 1 N–H and O–H groups in total. The summed E-state index contributed by atoms with van der Waals surface area (Å²) in [4.78, 5) is 19.4. The van der Waals surface area contributed by atoms with Gasteiger partial charge in [-0.05, 0) is 58.6 Å².